The van der Waals surface area contributed by atoms with Crippen LogP contribution in [-0.2, 0) is 18.4 Å². The van der Waals surface area contributed by atoms with E-state index in [9.17, 15) is 19.4 Å². The molecule has 0 saturated heterocycles. The lowest BCUT2D eigenvalue weighted by molar-refractivity contribution is -0.137. The summed E-state index contributed by atoms with van der Waals surface area (Å²) in [4.78, 5) is 21.8. The van der Waals surface area contributed by atoms with Crippen LogP contribution in [0.3, 0.4) is 0 Å². The summed E-state index contributed by atoms with van der Waals surface area (Å²) in [6, 6.07) is 0. The largest absolute Gasteiger partial charge is 0.472 e. The van der Waals surface area contributed by atoms with Crippen molar-refractivity contribution in [1.82, 2.24) is 5.32 Å². The molecule has 9 heteroatoms. The number of hydrogen-bond acceptors (Lipinski definition) is 6. The highest BCUT2D eigenvalue weighted by Gasteiger charge is 2.38. The van der Waals surface area contributed by atoms with E-state index in [2.05, 4.69) is 19.2 Å². The summed E-state index contributed by atoms with van der Waals surface area (Å²) in [5, 5.41) is 13.4. The summed E-state index contributed by atoms with van der Waals surface area (Å²) < 4.78 is 21.8. The van der Waals surface area contributed by atoms with Crippen LogP contribution in [0.15, 0.2) is 0 Å². The molecule has 25 heavy (non-hydrogen) atoms. The van der Waals surface area contributed by atoms with Crippen LogP contribution in [0.2, 0.25) is 0 Å². The zero-order valence-corrected chi connectivity index (χ0v) is 18.1. The number of hydrogen-bond donors (Lipinski definition) is 3. The van der Waals surface area contributed by atoms with Gasteiger partial charge in [-0.2, -0.15) is 11.8 Å². The molecule has 3 atom stereocenters. The highest BCUT2D eigenvalue weighted by Crippen LogP contribution is 2.48. The molecule has 0 bridgehead atoms. The van der Waals surface area contributed by atoms with Crippen LogP contribution in [0, 0.1) is 5.41 Å². The number of aliphatic hydroxyl groups is 1. The van der Waals surface area contributed by atoms with Crippen molar-refractivity contribution in [3.05, 3.63) is 0 Å². The molecule has 0 aromatic carbocycles. The molecule has 0 aliphatic rings. The van der Waals surface area contributed by atoms with Crippen LogP contribution in [-0.4, -0.2) is 51.8 Å². The monoisotopic (exact) mass is 399 g/mol. The van der Waals surface area contributed by atoms with Crippen molar-refractivity contribution in [3.8, 4) is 0 Å². The van der Waals surface area contributed by atoms with Gasteiger partial charge in [-0.1, -0.05) is 27.7 Å². The maximum Gasteiger partial charge on any atom is 0.472 e. The Balaban J connectivity index is 4.50. The van der Waals surface area contributed by atoms with Gasteiger partial charge in [0.1, 0.15) is 6.10 Å². The molecule has 0 aliphatic carbocycles. The minimum absolute atomic E-state index is 0.298. The van der Waals surface area contributed by atoms with Gasteiger partial charge in [0, 0.05) is 17.2 Å². The lowest BCUT2D eigenvalue weighted by Gasteiger charge is -2.31. The van der Waals surface area contributed by atoms with Crippen molar-refractivity contribution in [3.63, 3.8) is 0 Å². The number of aliphatic hydroxyl groups excluding tert-OH is 1. The van der Waals surface area contributed by atoms with Crippen molar-refractivity contribution < 1.29 is 28.4 Å². The van der Waals surface area contributed by atoms with E-state index in [1.807, 2.05) is 0 Å². The number of phosphoric acid groups is 1. The van der Waals surface area contributed by atoms with Gasteiger partial charge in [0.25, 0.3) is 0 Å². The number of rotatable bonds is 11. The molecule has 0 radical (unpaired) electrons. The second kappa shape index (κ2) is 10.3. The summed E-state index contributed by atoms with van der Waals surface area (Å²) in [6.07, 6.45) is -0.560. The van der Waals surface area contributed by atoms with Gasteiger partial charge >= 0.3 is 7.82 Å². The molecule has 1 amide bonds. The summed E-state index contributed by atoms with van der Waals surface area (Å²) in [5.41, 5.74) is -1.90. The summed E-state index contributed by atoms with van der Waals surface area (Å²) in [5.74, 6) is 0.492. The minimum Gasteiger partial charge on any atom is -0.383 e. The van der Waals surface area contributed by atoms with Gasteiger partial charge in [0.2, 0.25) is 5.91 Å². The van der Waals surface area contributed by atoms with Crippen LogP contribution in [0.1, 0.15) is 54.9 Å². The molecule has 0 saturated carbocycles. The lowest BCUT2D eigenvalue weighted by Crippen LogP contribution is -2.46. The normalized spacial score (nSPS) is 17.6. The van der Waals surface area contributed by atoms with E-state index < -0.39 is 30.8 Å². The highest BCUT2D eigenvalue weighted by molar-refractivity contribution is 7.99. The Bertz CT molecular complexity index is 466. The maximum absolute atomic E-state index is 12.1. The van der Waals surface area contributed by atoms with Gasteiger partial charge in [-0.15, -0.1) is 0 Å². The van der Waals surface area contributed by atoms with E-state index in [1.165, 1.54) is 0 Å². The molecule has 0 rings (SSSR count). The highest BCUT2D eigenvalue weighted by atomic mass is 32.2. The first-order chi connectivity index (χ1) is 11.2. The first-order valence-corrected chi connectivity index (χ1v) is 11.0. The van der Waals surface area contributed by atoms with E-state index in [0.717, 1.165) is 12.2 Å². The van der Waals surface area contributed by atoms with E-state index >= 15 is 0 Å². The zero-order valence-electron chi connectivity index (χ0n) is 16.4. The van der Waals surface area contributed by atoms with Gasteiger partial charge in [0.05, 0.1) is 12.2 Å². The van der Waals surface area contributed by atoms with Crippen molar-refractivity contribution in [1.29, 1.82) is 0 Å². The predicted molar refractivity (Wildman–Crippen MR) is 102 cm³/mol. The van der Waals surface area contributed by atoms with E-state index in [0.29, 0.717) is 11.8 Å². The van der Waals surface area contributed by atoms with Crippen LogP contribution in [0.4, 0.5) is 0 Å². The first-order valence-electron chi connectivity index (χ1n) is 8.45. The molecule has 0 heterocycles. The topological polar surface area (TPSA) is 105 Å². The van der Waals surface area contributed by atoms with Gasteiger partial charge in [-0.05, 0) is 32.9 Å². The summed E-state index contributed by atoms with van der Waals surface area (Å²) in [7, 11) is -4.27. The fraction of sp³-hybridized carbons (Fsp3) is 0.938. The summed E-state index contributed by atoms with van der Waals surface area (Å²) >= 11 is 1.81. The van der Waals surface area contributed by atoms with Crippen molar-refractivity contribution in [2.75, 3.05) is 18.9 Å². The molecule has 3 N–H and O–H groups in total. The Morgan fingerprint density at radius 3 is 2.32 bits per heavy atom. The van der Waals surface area contributed by atoms with Crippen LogP contribution < -0.4 is 5.32 Å². The predicted octanol–water partition coefficient (Wildman–Crippen LogP) is 2.95. The molecule has 150 valence electrons. The number of thioether (sulfide) groups is 1. The molecule has 0 fully saturated rings. The zero-order chi connectivity index (χ0) is 19.9. The van der Waals surface area contributed by atoms with Crippen molar-refractivity contribution >= 4 is 25.5 Å². The third kappa shape index (κ3) is 11.3. The average molecular weight is 399 g/mol. The smallest absolute Gasteiger partial charge is 0.383 e. The number of nitrogens with one attached hydrogen (secondary N) is 1. The van der Waals surface area contributed by atoms with E-state index in [4.69, 9.17) is 9.05 Å². The fourth-order valence-electron chi connectivity index (χ4n) is 1.92. The third-order valence-electron chi connectivity index (χ3n) is 3.28. The maximum atomic E-state index is 12.1. The Kier molecular flexibility index (Phi) is 10.2. The summed E-state index contributed by atoms with van der Waals surface area (Å²) in [6.45, 7) is 12.4. The third-order valence-corrected chi connectivity index (χ3v) is 5.65. The molecule has 0 aromatic rings. The second-order valence-corrected chi connectivity index (χ2v) is 10.8. The lowest BCUT2D eigenvalue weighted by atomic mass is 9.87. The van der Waals surface area contributed by atoms with Gasteiger partial charge in [0.15, 0.2) is 0 Å². The fourth-order valence-corrected chi connectivity index (χ4v) is 4.01. The van der Waals surface area contributed by atoms with Crippen LogP contribution in [0.25, 0.3) is 0 Å². The van der Waals surface area contributed by atoms with Gasteiger partial charge in [-0.3, -0.25) is 13.8 Å². The Morgan fingerprint density at radius 1 is 1.28 bits per heavy atom. The average Bonchev–Trinajstić information content (AvgIpc) is 2.42. The van der Waals surface area contributed by atoms with Gasteiger partial charge in [-0.25, -0.2) is 4.57 Å². The molecular formula is C16H34NO6PS. The number of amides is 1. The SMILES string of the molecule is CCSC(C)CCNC(=O)C(O)C(C)(C)COP(=O)(O)OC(C)(C)C. The van der Waals surface area contributed by atoms with Crippen LogP contribution >= 0.6 is 19.6 Å². The molecule has 0 aliphatic heterocycles. The number of phosphoric ester groups is 1. The Hall–Kier alpha value is -0.110. The molecule has 7 nitrogen and oxygen atoms in total. The second-order valence-electron chi connectivity index (χ2n) is 7.68. The quantitative estimate of drug-likeness (QED) is 0.459. The van der Waals surface area contributed by atoms with E-state index in [1.54, 1.807) is 46.4 Å². The standard InChI is InChI=1S/C16H34NO6PS/c1-8-25-12(2)9-10-17-14(19)13(18)16(6,7)11-22-24(20,21)23-15(3,4)5/h12-13,18H,8-11H2,1-7H3,(H,17,19)(H,20,21). The van der Waals surface area contributed by atoms with Crippen molar-refractivity contribution in [2.24, 2.45) is 5.41 Å². The molecule has 0 spiro atoms. The molecule has 0 aromatic heterocycles. The Labute approximate surface area is 155 Å². The number of carbonyl (C=O) groups is 1. The van der Waals surface area contributed by atoms with E-state index in [-0.39, 0.29) is 6.61 Å². The van der Waals surface area contributed by atoms with Gasteiger partial charge < -0.3 is 15.3 Å². The van der Waals surface area contributed by atoms with Crippen molar-refractivity contribution in [2.45, 2.75) is 71.8 Å². The minimum atomic E-state index is -4.27. The first kappa shape index (κ1) is 24.9. The Morgan fingerprint density at radius 2 is 1.84 bits per heavy atom. The number of carbonyl (C=O) groups excluding carboxylic acids is 1. The van der Waals surface area contributed by atoms with Crippen LogP contribution in [0.5, 0.6) is 0 Å². The molecular weight excluding hydrogens is 365 g/mol. The molecule has 3 unspecified atom stereocenters.